The highest BCUT2D eigenvalue weighted by Gasteiger charge is 2.39. The minimum atomic E-state index is -3.65. The second-order valence-electron chi connectivity index (χ2n) is 6.59. The van der Waals surface area contributed by atoms with Gasteiger partial charge in [0.2, 0.25) is 0 Å². The summed E-state index contributed by atoms with van der Waals surface area (Å²) in [6.07, 6.45) is 1.88. The molecule has 0 heterocycles. The van der Waals surface area contributed by atoms with Gasteiger partial charge in [-0.05, 0) is 46.0 Å². The predicted octanol–water partition coefficient (Wildman–Crippen LogP) is 2.07. The molecule has 1 aliphatic rings. The smallest absolute Gasteiger partial charge is 0.321 e. The monoisotopic (exact) mass is 301 g/mol. The van der Waals surface area contributed by atoms with Crippen molar-refractivity contribution in [3.63, 3.8) is 0 Å². The quantitative estimate of drug-likeness (QED) is 0.745. The van der Waals surface area contributed by atoms with E-state index in [0.29, 0.717) is 12.8 Å². The molecule has 20 heavy (non-hydrogen) atoms. The zero-order valence-corrected chi connectivity index (χ0v) is 13.4. The lowest BCUT2D eigenvalue weighted by Crippen LogP contribution is -2.39. The highest BCUT2D eigenvalue weighted by Crippen LogP contribution is 2.33. The number of hydrogen-bond donors (Lipinski definition) is 0. The standard InChI is InChI=1S/C14H23NO4S/c1-10-5-6-11(8-15)12(7-10)20(17,18)9-13(16)19-14(2,3)4/h10-12H,5-7,9H2,1-4H3. The Morgan fingerprint density at radius 1 is 1.35 bits per heavy atom. The van der Waals surface area contributed by atoms with Gasteiger partial charge in [0, 0.05) is 0 Å². The molecule has 1 rings (SSSR count). The van der Waals surface area contributed by atoms with E-state index in [-0.39, 0.29) is 5.92 Å². The van der Waals surface area contributed by atoms with E-state index >= 15 is 0 Å². The van der Waals surface area contributed by atoms with Crippen molar-refractivity contribution in [3.8, 4) is 6.07 Å². The third kappa shape index (κ3) is 4.78. The molecular formula is C14H23NO4S. The number of hydrogen-bond acceptors (Lipinski definition) is 5. The fraction of sp³-hybridized carbons (Fsp3) is 0.857. The minimum Gasteiger partial charge on any atom is -0.459 e. The molecule has 0 aromatic rings. The molecule has 0 aliphatic heterocycles. The third-order valence-corrected chi connectivity index (χ3v) is 5.50. The van der Waals surface area contributed by atoms with Crippen molar-refractivity contribution in [3.05, 3.63) is 0 Å². The molecule has 0 N–H and O–H groups in total. The molecule has 0 aromatic carbocycles. The van der Waals surface area contributed by atoms with Gasteiger partial charge in [0.25, 0.3) is 0 Å². The number of carbonyl (C=O) groups excluding carboxylic acids is 1. The number of rotatable bonds is 3. The third-order valence-electron chi connectivity index (χ3n) is 3.42. The SMILES string of the molecule is CC1CCC(C#N)C(S(=O)(=O)CC(=O)OC(C)(C)C)C1. The minimum absolute atomic E-state index is 0.262. The summed E-state index contributed by atoms with van der Waals surface area (Å²) in [5, 5.41) is 8.35. The maximum absolute atomic E-state index is 12.3. The van der Waals surface area contributed by atoms with Crippen molar-refractivity contribution >= 4 is 15.8 Å². The first kappa shape index (κ1) is 17.0. The van der Waals surface area contributed by atoms with Crippen LogP contribution in [-0.2, 0) is 19.4 Å². The van der Waals surface area contributed by atoms with E-state index in [1.807, 2.05) is 6.92 Å². The second kappa shape index (κ2) is 6.13. The van der Waals surface area contributed by atoms with Gasteiger partial charge < -0.3 is 4.74 Å². The first-order valence-electron chi connectivity index (χ1n) is 6.88. The molecule has 5 nitrogen and oxygen atoms in total. The maximum Gasteiger partial charge on any atom is 0.321 e. The first-order chi connectivity index (χ1) is 9.05. The molecule has 3 unspecified atom stereocenters. The molecular weight excluding hydrogens is 278 g/mol. The Balaban J connectivity index is 2.81. The summed E-state index contributed by atoms with van der Waals surface area (Å²) in [7, 11) is -3.65. The van der Waals surface area contributed by atoms with Gasteiger partial charge >= 0.3 is 5.97 Å². The van der Waals surface area contributed by atoms with Crippen LogP contribution in [0.4, 0.5) is 0 Å². The average molecular weight is 301 g/mol. The van der Waals surface area contributed by atoms with Gasteiger partial charge in [0.05, 0.1) is 17.2 Å². The van der Waals surface area contributed by atoms with E-state index in [4.69, 9.17) is 10.00 Å². The van der Waals surface area contributed by atoms with Crippen molar-refractivity contribution in [2.75, 3.05) is 5.75 Å². The van der Waals surface area contributed by atoms with Crippen LogP contribution in [0.3, 0.4) is 0 Å². The van der Waals surface area contributed by atoms with Crippen LogP contribution in [0.5, 0.6) is 0 Å². The van der Waals surface area contributed by atoms with Crippen LogP contribution in [0.2, 0.25) is 0 Å². The lowest BCUT2D eigenvalue weighted by molar-refractivity contribution is -0.151. The molecule has 1 aliphatic carbocycles. The van der Waals surface area contributed by atoms with Gasteiger partial charge in [-0.2, -0.15) is 5.26 Å². The zero-order chi connectivity index (χ0) is 15.6. The summed E-state index contributed by atoms with van der Waals surface area (Å²) in [6, 6.07) is 2.07. The van der Waals surface area contributed by atoms with Crippen LogP contribution in [-0.4, -0.2) is 31.0 Å². The molecule has 6 heteroatoms. The van der Waals surface area contributed by atoms with E-state index in [1.54, 1.807) is 20.8 Å². The Labute approximate surface area is 121 Å². The molecule has 0 bridgehead atoms. The summed E-state index contributed by atoms with van der Waals surface area (Å²) in [6.45, 7) is 7.05. The van der Waals surface area contributed by atoms with Crippen molar-refractivity contribution in [1.29, 1.82) is 5.26 Å². The molecule has 0 amide bonds. The Hall–Kier alpha value is -1.09. The van der Waals surface area contributed by atoms with E-state index in [0.717, 1.165) is 6.42 Å². The number of carbonyl (C=O) groups is 1. The topological polar surface area (TPSA) is 84.2 Å². The summed E-state index contributed by atoms with van der Waals surface area (Å²) in [4.78, 5) is 11.7. The van der Waals surface area contributed by atoms with E-state index in [9.17, 15) is 13.2 Å². The molecule has 3 atom stereocenters. The maximum atomic E-state index is 12.3. The molecule has 1 fully saturated rings. The molecule has 0 radical (unpaired) electrons. The average Bonchev–Trinajstić information content (AvgIpc) is 2.25. The summed E-state index contributed by atoms with van der Waals surface area (Å²) < 4.78 is 29.7. The lowest BCUT2D eigenvalue weighted by atomic mass is 9.83. The fourth-order valence-electron chi connectivity index (χ4n) is 2.52. The Bertz CT molecular complexity index is 498. The Morgan fingerprint density at radius 3 is 2.45 bits per heavy atom. The summed E-state index contributed by atoms with van der Waals surface area (Å²) >= 11 is 0. The normalized spacial score (nSPS) is 27.6. The van der Waals surface area contributed by atoms with Crippen molar-refractivity contribution in [2.45, 2.75) is 57.8 Å². The van der Waals surface area contributed by atoms with Crippen molar-refractivity contribution in [2.24, 2.45) is 11.8 Å². The predicted molar refractivity (Wildman–Crippen MR) is 75.5 cm³/mol. The zero-order valence-electron chi connectivity index (χ0n) is 12.5. The van der Waals surface area contributed by atoms with Gasteiger partial charge in [-0.1, -0.05) is 6.92 Å². The highest BCUT2D eigenvalue weighted by atomic mass is 32.2. The second-order valence-corrected chi connectivity index (χ2v) is 8.81. The summed E-state index contributed by atoms with van der Waals surface area (Å²) in [5.74, 6) is -1.64. The number of nitrogens with zero attached hydrogens (tertiary/aromatic N) is 1. The van der Waals surface area contributed by atoms with E-state index in [2.05, 4.69) is 6.07 Å². The van der Waals surface area contributed by atoms with E-state index in [1.165, 1.54) is 0 Å². The van der Waals surface area contributed by atoms with Crippen LogP contribution >= 0.6 is 0 Å². The van der Waals surface area contributed by atoms with E-state index < -0.39 is 38.3 Å². The van der Waals surface area contributed by atoms with Crippen LogP contribution < -0.4 is 0 Å². The lowest BCUT2D eigenvalue weighted by Gasteiger charge is -2.30. The molecule has 0 saturated heterocycles. The van der Waals surface area contributed by atoms with Crippen LogP contribution in [0, 0.1) is 23.2 Å². The van der Waals surface area contributed by atoms with Crippen molar-refractivity contribution < 1.29 is 17.9 Å². The first-order valence-corrected chi connectivity index (χ1v) is 8.60. The molecule has 0 spiro atoms. The van der Waals surface area contributed by atoms with Crippen molar-refractivity contribution in [1.82, 2.24) is 0 Å². The number of esters is 1. The van der Waals surface area contributed by atoms with Crippen LogP contribution in [0.15, 0.2) is 0 Å². The summed E-state index contributed by atoms with van der Waals surface area (Å²) in [5.41, 5.74) is -0.707. The molecule has 114 valence electrons. The fourth-order valence-corrected chi connectivity index (χ4v) is 4.44. The highest BCUT2D eigenvalue weighted by molar-refractivity contribution is 7.92. The van der Waals surface area contributed by atoms with Crippen LogP contribution in [0.1, 0.15) is 47.0 Å². The molecule has 1 saturated carbocycles. The largest absolute Gasteiger partial charge is 0.459 e. The van der Waals surface area contributed by atoms with Crippen LogP contribution in [0.25, 0.3) is 0 Å². The number of nitriles is 1. The number of ether oxygens (including phenoxy) is 1. The molecule has 0 aromatic heterocycles. The van der Waals surface area contributed by atoms with Gasteiger partial charge in [0.15, 0.2) is 9.84 Å². The Kier molecular flexibility index (Phi) is 5.20. The van der Waals surface area contributed by atoms with Gasteiger partial charge in [-0.3, -0.25) is 4.79 Å². The number of sulfone groups is 1. The van der Waals surface area contributed by atoms with Gasteiger partial charge in [-0.25, -0.2) is 8.42 Å². The Morgan fingerprint density at radius 2 is 1.95 bits per heavy atom. The van der Waals surface area contributed by atoms with Gasteiger partial charge in [-0.15, -0.1) is 0 Å². The van der Waals surface area contributed by atoms with Gasteiger partial charge in [0.1, 0.15) is 11.4 Å².